The largest absolute Gasteiger partial charge is 0.396 e. The molecule has 0 spiro atoms. The molecule has 4 rings (SSSR count). The Kier molecular flexibility index (Phi) is 6.17. The van der Waals surface area contributed by atoms with Crippen molar-refractivity contribution in [3.63, 3.8) is 0 Å². The molecule has 5 nitrogen and oxygen atoms in total. The first kappa shape index (κ1) is 18.9. The van der Waals surface area contributed by atoms with Crippen molar-refractivity contribution in [1.82, 2.24) is 19.6 Å². The van der Waals surface area contributed by atoms with Crippen molar-refractivity contribution in [2.24, 2.45) is 0 Å². The van der Waals surface area contributed by atoms with E-state index in [1.807, 2.05) is 16.9 Å². The molecule has 0 aliphatic carbocycles. The molecular weight excluding hydrogens is 348 g/mol. The second kappa shape index (κ2) is 9.15. The molecule has 1 aromatic heterocycles. The highest BCUT2D eigenvalue weighted by atomic mass is 16.3. The van der Waals surface area contributed by atoms with Crippen LogP contribution < -0.4 is 0 Å². The zero-order valence-electron chi connectivity index (χ0n) is 16.2. The maximum atomic E-state index is 9.55. The summed E-state index contributed by atoms with van der Waals surface area (Å²) < 4.78 is 1.88. The number of benzene rings is 2. The second-order valence-corrected chi connectivity index (χ2v) is 7.47. The number of aromatic nitrogens is 2. The van der Waals surface area contributed by atoms with Crippen molar-refractivity contribution in [2.45, 2.75) is 25.6 Å². The average molecular weight is 377 g/mol. The van der Waals surface area contributed by atoms with Crippen LogP contribution in [0.5, 0.6) is 0 Å². The van der Waals surface area contributed by atoms with E-state index in [9.17, 15) is 5.11 Å². The highest BCUT2D eigenvalue weighted by Crippen LogP contribution is 2.19. The molecule has 28 heavy (non-hydrogen) atoms. The summed E-state index contributed by atoms with van der Waals surface area (Å²) >= 11 is 0. The lowest BCUT2D eigenvalue weighted by molar-refractivity contribution is 0.0500. The van der Waals surface area contributed by atoms with Crippen LogP contribution in [-0.4, -0.2) is 57.0 Å². The van der Waals surface area contributed by atoms with Crippen LogP contribution in [0.1, 0.15) is 17.5 Å². The summed E-state index contributed by atoms with van der Waals surface area (Å²) in [6, 6.07) is 21.6. The van der Waals surface area contributed by atoms with Gasteiger partial charge in [-0.3, -0.25) is 9.80 Å². The van der Waals surface area contributed by atoms with Gasteiger partial charge in [0.1, 0.15) is 0 Å². The van der Waals surface area contributed by atoms with Crippen LogP contribution >= 0.6 is 0 Å². The second-order valence-electron chi connectivity index (χ2n) is 7.47. The van der Waals surface area contributed by atoms with Crippen molar-refractivity contribution in [3.8, 4) is 5.69 Å². The van der Waals surface area contributed by atoms with Crippen LogP contribution in [0.15, 0.2) is 73.1 Å². The monoisotopic (exact) mass is 376 g/mol. The van der Waals surface area contributed by atoms with Gasteiger partial charge in [-0.15, -0.1) is 0 Å². The van der Waals surface area contributed by atoms with Crippen molar-refractivity contribution in [1.29, 1.82) is 0 Å². The highest BCUT2D eigenvalue weighted by Gasteiger charge is 2.26. The molecule has 1 aliphatic heterocycles. The fraction of sp³-hybridized carbons (Fsp3) is 0.348. The van der Waals surface area contributed by atoms with Crippen molar-refractivity contribution >= 4 is 0 Å². The molecule has 0 saturated carbocycles. The minimum absolute atomic E-state index is 0.238. The van der Waals surface area contributed by atoms with Gasteiger partial charge in [-0.1, -0.05) is 42.5 Å². The van der Waals surface area contributed by atoms with Gasteiger partial charge in [0, 0.05) is 57.8 Å². The Balaban J connectivity index is 1.37. The summed E-state index contributed by atoms with van der Waals surface area (Å²) in [5, 5.41) is 13.8. The minimum atomic E-state index is 0.238. The molecule has 1 saturated heterocycles. The van der Waals surface area contributed by atoms with Gasteiger partial charge in [0.25, 0.3) is 0 Å². The lowest BCUT2D eigenvalue weighted by Gasteiger charge is -2.41. The van der Waals surface area contributed by atoms with Gasteiger partial charge in [0.2, 0.25) is 0 Å². The lowest BCUT2D eigenvalue weighted by Crippen LogP contribution is -2.52. The van der Waals surface area contributed by atoms with Gasteiger partial charge in [0.15, 0.2) is 0 Å². The van der Waals surface area contributed by atoms with Crippen molar-refractivity contribution in [3.05, 3.63) is 84.2 Å². The fourth-order valence-corrected chi connectivity index (χ4v) is 3.98. The SMILES string of the molecule is OCC[C@H]1CN(Cc2ccc(-n3cccn3)cc2)CCN1Cc1ccccc1. The molecule has 2 aromatic carbocycles. The van der Waals surface area contributed by atoms with E-state index < -0.39 is 0 Å². The van der Waals surface area contributed by atoms with Gasteiger partial charge < -0.3 is 5.11 Å². The molecule has 2 heterocycles. The van der Waals surface area contributed by atoms with Crippen LogP contribution in [0.4, 0.5) is 0 Å². The third kappa shape index (κ3) is 4.68. The molecule has 0 amide bonds. The number of hydrogen-bond acceptors (Lipinski definition) is 4. The molecule has 0 unspecified atom stereocenters. The smallest absolute Gasteiger partial charge is 0.0645 e. The molecular formula is C23H28N4O. The van der Waals surface area contributed by atoms with Crippen LogP contribution in [0, 0.1) is 0 Å². The summed E-state index contributed by atoms with van der Waals surface area (Å²) in [6.07, 6.45) is 4.58. The quantitative estimate of drug-likeness (QED) is 0.689. The number of nitrogens with zero attached hydrogens (tertiary/aromatic N) is 4. The van der Waals surface area contributed by atoms with Gasteiger partial charge in [-0.2, -0.15) is 5.10 Å². The lowest BCUT2D eigenvalue weighted by atomic mass is 10.1. The predicted molar refractivity (Wildman–Crippen MR) is 111 cm³/mol. The normalized spacial score (nSPS) is 18.4. The first-order valence-corrected chi connectivity index (χ1v) is 10.0. The van der Waals surface area contributed by atoms with E-state index in [2.05, 4.69) is 69.5 Å². The van der Waals surface area contributed by atoms with Crippen LogP contribution in [-0.2, 0) is 13.1 Å². The molecule has 3 aromatic rings. The number of aliphatic hydroxyl groups excluding tert-OH is 1. The summed E-state index contributed by atoms with van der Waals surface area (Å²) in [7, 11) is 0. The van der Waals surface area contributed by atoms with E-state index in [1.54, 1.807) is 6.20 Å². The van der Waals surface area contributed by atoms with Crippen molar-refractivity contribution < 1.29 is 5.11 Å². The zero-order chi connectivity index (χ0) is 19.2. The average Bonchev–Trinajstić information content (AvgIpc) is 3.26. The highest BCUT2D eigenvalue weighted by molar-refractivity contribution is 5.33. The number of hydrogen-bond donors (Lipinski definition) is 1. The van der Waals surface area contributed by atoms with Gasteiger partial charge >= 0.3 is 0 Å². The zero-order valence-corrected chi connectivity index (χ0v) is 16.2. The first-order chi connectivity index (χ1) is 13.8. The van der Waals surface area contributed by atoms with Crippen LogP contribution in [0.3, 0.4) is 0 Å². The molecule has 0 radical (unpaired) electrons. The first-order valence-electron chi connectivity index (χ1n) is 10.0. The van der Waals surface area contributed by atoms with Gasteiger partial charge in [-0.25, -0.2) is 4.68 Å². The Bertz CT molecular complexity index is 833. The summed E-state index contributed by atoms with van der Waals surface area (Å²) in [5.74, 6) is 0. The Morgan fingerprint density at radius 2 is 1.68 bits per heavy atom. The Hall–Kier alpha value is -2.47. The summed E-state index contributed by atoms with van der Waals surface area (Å²) in [6.45, 7) is 5.22. The Morgan fingerprint density at radius 3 is 2.39 bits per heavy atom. The van der Waals surface area contributed by atoms with Gasteiger partial charge in [-0.05, 0) is 35.7 Å². The van der Waals surface area contributed by atoms with E-state index in [0.29, 0.717) is 6.04 Å². The summed E-state index contributed by atoms with van der Waals surface area (Å²) in [5.41, 5.74) is 3.74. The molecule has 1 atom stereocenters. The maximum Gasteiger partial charge on any atom is 0.0645 e. The molecule has 1 fully saturated rings. The molecule has 5 heteroatoms. The number of piperazine rings is 1. The minimum Gasteiger partial charge on any atom is -0.396 e. The van der Waals surface area contributed by atoms with E-state index in [0.717, 1.165) is 44.8 Å². The van der Waals surface area contributed by atoms with E-state index >= 15 is 0 Å². The topological polar surface area (TPSA) is 44.5 Å². The third-order valence-corrected chi connectivity index (χ3v) is 5.49. The van der Waals surface area contributed by atoms with Crippen LogP contribution in [0.2, 0.25) is 0 Å². The summed E-state index contributed by atoms with van der Waals surface area (Å²) in [4.78, 5) is 5.02. The van der Waals surface area contributed by atoms with Gasteiger partial charge in [0.05, 0.1) is 5.69 Å². The maximum absolute atomic E-state index is 9.55. The molecule has 1 N–H and O–H groups in total. The van der Waals surface area contributed by atoms with E-state index in [-0.39, 0.29) is 6.61 Å². The number of rotatable bonds is 7. The number of aliphatic hydroxyl groups is 1. The fourth-order valence-electron chi connectivity index (χ4n) is 3.98. The Morgan fingerprint density at radius 1 is 0.893 bits per heavy atom. The molecule has 1 aliphatic rings. The van der Waals surface area contributed by atoms with E-state index in [4.69, 9.17) is 0 Å². The van der Waals surface area contributed by atoms with Crippen LogP contribution in [0.25, 0.3) is 5.69 Å². The standard InChI is InChI=1S/C23H28N4O/c28-16-11-23-19-25(14-15-26(23)18-20-5-2-1-3-6-20)17-21-7-9-22(10-8-21)27-13-4-12-24-27/h1-10,12-13,23,28H,11,14-19H2/t23-/m0/s1. The Labute approximate surface area is 166 Å². The van der Waals surface area contributed by atoms with Crippen molar-refractivity contribution in [2.75, 3.05) is 26.2 Å². The third-order valence-electron chi connectivity index (χ3n) is 5.49. The molecule has 0 bridgehead atoms. The molecule has 146 valence electrons. The predicted octanol–water partition coefficient (Wildman–Crippen LogP) is 2.94. The van der Waals surface area contributed by atoms with E-state index in [1.165, 1.54) is 11.1 Å².